The molecule has 2 fully saturated rings. The number of nitrogens with one attached hydrogen (secondary N) is 2. The maximum Gasteiger partial charge on any atom is 0.237 e. The van der Waals surface area contributed by atoms with Gasteiger partial charge in [0.15, 0.2) is 0 Å². The maximum atomic E-state index is 13.4. The normalized spacial score (nSPS) is 32.4. The van der Waals surface area contributed by atoms with Crippen LogP contribution in [0.25, 0.3) is 0 Å². The summed E-state index contributed by atoms with van der Waals surface area (Å²) in [7, 11) is 0. The molecule has 2 heterocycles. The van der Waals surface area contributed by atoms with E-state index in [-0.39, 0.29) is 5.91 Å². The summed E-state index contributed by atoms with van der Waals surface area (Å²) >= 11 is 7.58. The van der Waals surface area contributed by atoms with Gasteiger partial charge in [-0.3, -0.25) is 4.79 Å². The zero-order chi connectivity index (χ0) is 27.1. The second-order valence-corrected chi connectivity index (χ2v) is 11.8. The van der Waals surface area contributed by atoms with Gasteiger partial charge in [-0.25, -0.2) is 8.78 Å². The van der Waals surface area contributed by atoms with Crippen LogP contribution in [0.4, 0.5) is 8.78 Å². The number of amides is 1. The number of ether oxygens (including phenoxy) is 1. The number of carbonyl (C=O) groups is 1. The highest BCUT2D eigenvalue weighted by Gasteiger charge is 2.48. The molecular formula is C26H39ClF2N2O5S. The number of thioether (sulfide) groups is 1. The molecule has 2 aliphatic rings. The van der Waals surface area contributed by atoms with Gasteiger partial charge in [-0.1, -0.05) is 12.8 Å². The van der Waals surface area contributed by atoms with E-state index >= 15 is 0 Å². The van der Waals surface area contributed by atoms with Crippen molar-refractivity contribution >= 4 is 29.3 Å². The molecule has 1 amide bonds. The van der Waals surface area contributed by atoms with E-state index < -0.39 is 58.9 Å². The van der Waals surface area contributed by atoms with Gasteiger partial charge in [0.2, 0.25) is 5.91 Å². The van der Waals surface area contributed by atoms with E-state index in [1.807, 2.05) is 0 Å². The minimum atomic E-state index is -1.41. The third kappa shape index (κ3) is 8.49. The first-order valence-corrected chi connectivity index (χ1v) is 14.7. The van der Waals surface area contributed by atoms with Crippen LogP contribution in [-0.2, 0) is 16.0 Å². The monoisotopic (exact) mass is 564 g/mol. The lowest BCUT2D eigenvalue weighted by Gasteiger charge is -2.44. The summed E-state index contributed by atoms with van der Waals surface area (Å²) in [5, 5.41) is 36.6. The highest BCUT2D eigenvalue weighted by molar-refractivity contribution is 7.99. The molecule has 0 spiro atoms. The molecule has 1 aromatic carbocycles. The number of aliphatic hydroxyl groups excluding tert-OH is 3. The predicted molar refractivity (Wildman–Crippen MR) is 140 cm³/mol. The Kier molecular flexibility index (Phi) is 11.9. The van der Waals surface area contributed by atoms with Crippen molar-refractivity contribution in [3.05, 3.63) is 35.4 Å². The number of halogens is 3. The first-order valence-electron chi connectivity index (χ1n) is 13.0. The van der Waals surface area contributed by atoms with Gasteiger partial charge < -0.3 is 30.7 Å². The molecule has 11 heteroatoms. The molecule has 0 bridgehead atoms. The number of aryl methyl sites for hydroxylation is 1. The van der Waals surface area contributed by atoms with E-state index in [9.17, 15) is 28.9 Å². The van der Waals surface area contributed by atoms with E-state index in [4.69, 9.17) is 16.3 Å². The minimum absolute atomic E-state index is 0.247. The zero-order valence-electron chi connectivity index (χ0n) is 21.3. The predicted octanol–water partition coefficient (Wildman–Crippen LogP) is 2.72. The number of benzene rings is 1. The Bertz CT molecular complexity index is 863. The Labute approximate surface area is 226 Å². The number of carbonyl (C=O) groups excluding carboxylic acids is 1. The van der Waals surface area contributed by atoms with Crippen LogP contribution in [-0.4, -0.2) is 81.3 Å². The third-order valence-electron chi connectivity index (χ3n) is 7.37. The van der Waals surface area contributed by atoms with Crippen LogP contribution in [0.1, 0.15) is 51.0 Å². The van der Waals surface area contributed by atoms with E-state index in [1.54, 1.807) is 13.2 Å². The number of alkyl halides is 1. The molecule has 0 aliphatic carbocycles. The molecule has 0 aromatic heterocycles. The number of rotatable bonds is 10. The van der Waals surface area contributed by atoms with Gasteiger partial charge in [-0.15, -0.1) is 23.4 Å². The SMILES string of the molecule is CSC1O[C@H](C(NC(=O)[C@@H]2CC[C@H](CCCCc3cc(F)cc(F)c3)CCN2)[C@H](C)Cl)C(O)C(O)[C@H]1O. The average molecular weight is 565 g/mol. The van der Waals surface area contributed by atoms with E-state index in [0.29, 0.717) is 30.9 Å². The fourth-order valence-electron chi connectivity index (χ4n) is 5.23. The van der Waals surface area contributed by atoms with Crippen LogP contribution >= 0.6 is 23.4 Å². The van der Waals surface area contributed by atoms with Crippen molar-refractivity contribution < 1.29 is 33.6 Å². The molecule has 4 unspecified atom stereocenters. The lowest BCUT2D eigenvalue weighted by atomic mass is 9.91. The highest BCUT2D eigenvalue weighted by atomic mass is 35.5. The fraction of sp³-hybridized carbons (Fsp3) is 0.731. The van der Waals surface area contributed by atoms with Crippen LogP contribution in [0.3, 0.4) is 0 Å². The van der Waals surface area contributed by atoms with Crippen LogP contribution in [0, 0.1) is 17.6 Å². The third-order valence-corrected chi connectivity index (χ3v) is 8.50. The van der Waals surface area contributed by atoms with Crippen molar-refractivity contribution in [3.63, 3.8) is 0 Å². The first-order chi connectivity index (χ1) is 17.6. The molecule has 210 valence electrons. The Hall–Kier alpha value is -1.01. The Morgan fingerprint density at radius 3 is 2.49 bits per heavy atom. The average Bonchev–Trinajstić information content (AvgIpc) is 3.09. The Morgan fingerprint density at radius 1 is 1.14 bits per heavy atom. The summed E-state index contributed by atoms with van der Waals surface area (Å²) in [5.41, 5.74) is -0.0901. The van der Waals surface area contributed by atoms with Crippen molar-refractivity contribution in [2.45, 2.75) is 99.2 Å². The zero-order valence-corrected chi connectivity index (χ0v) is 22.9. The summed E-state index contributed by atoms with van der Waals surface area (Å²) in [4.78, 5) is 13.1. The van der Waals surface area contributed by atoms with Crippen molar-refractivity contribution in [3.8, 4) is 0 Å². The summed E-state index contributed by atoms with van der Waals surface area (Å²) < 4.78 is 32.5. The smallest absolute Gasteiger partial charge is 0.237 e. The number of unbranched alkanes of at least 4 members (excludes halogenated alkanes) is 1. The second kappa shape index (κ2) is 14.4. The van der Waals surface area contributed by atoms with Crippen LogP contribution in [0.2, 0.25) is 0 Å². The minimum Gasteiger partial charge on any atom is -0.388 e. The standard InChI is InChI=1S/C26H39ClF2N2O5S/c1-14(27)20(24-22(33)21(32)23(34)26(36-24)37-2)31-25(35)19-8-7-15(9-10-30-19)5-3-4-6-16-11-17(28)13-18(29)12-16/h11-15,19-24,26,30,32-34H,3-10H2,1-2H3,(H,31,35)/t14-,15-,19-,20?,21?,22?,23+,24+,26?/m0/s1. The lowest BCUT2D eigenvalue weighted by Crippen LogP contribution is -2.65. The van der Waals surface area contributed by atoms with Gasteiger partial charge >= 0.3 is 0 Å². The molecule has 7 nitrogen and oxygen atoms in total. The topological polar surface area (TPSA) is 111 Å². The molecule has 3 rings (SSSR count). The molecule has 2 saturated heterocycles. The number of hydrogen-bond donors (Lipinski definition) is 5. The van der Waals surface area contributed by atoms with Crippen molar-refractivity contribution in [1.82, 2.24) is 10.6 Å². The first kappa shape index (κ1) is 30.5. The van der Waals surface area contributed by atoms with Crippen LogP contribution < -0.4 is 10.6 Å². The molecule has 37 heavy (non-hydrogen) atoms. The molecule has 2 aliphatic heterocycles. The molecule has 9 atom stereocenters. The van der Waals surface area contributed by atoms with Crippen molar-refractivity contribution in [1.29, 1.82) is 0 Å². The molecular weight excluding hydrogens is 526 g/mol. The second-order valence-electron chi connectivity index (χ2n) is 10.2. The Morgan fingerprint density at radius 2 is 1.84 bits per heavy atom. The molecule has 0 radical (unpaired) electrons. The molecule has 5 N–H and O–H groups in total. The van der Waals surface area contributed by atoms with Crippen LogP contribution in [0.5, 0.6) is 0 Å². The number of hydrogen-bond acceptors (Lipinski definition) is 7. The maximum absolute atomic E-state index is 13.4. The summed E-state index contributed by atoms with van der Waals surface area (Å²) in [6.07, 6.45) is 2.49. The van der Waals surface area contributed by atoms with Gasteiger partial charge in [-0.05, 0) is 75.4 Å². The summed E-state index contributed by atoms with van der Waals surface area (Å²) in [5.74, 6) is -0.909. The van der Waals surface area contributed by atoms with E-state index in [0.717, 1.165) is 38.2 Å². The van der Waals surface area contributed by atoms with Crippen molar-refractivity contribution in [2.75, 3.05) is 12.8 Å². The highest BCUT2D eigenvalue weighted by Crippen LogP contribution is 2.30. The fourth-order valence-corrected chi connectivity index (χ4v) is 6.11. The van der Waals surface area contributed by atoms with E-state index in [2.05, 4.69) is 10.6 Å². The summed E-state index contributed by atoms with van der Waals surface area (Å²) in [6, 6.07) is 2.43. The largest absolute Gasteiger partial charge is 0.388 e. The van der Waals surface area contributed by atoms with E-state index in [1.165, 1.54) is 23.9 Å². The Balaban J connectivity index is 1.48. The van der Waals surface area contributed by atoms with Crippen molar-refractivity contribution in [2.24, 2.45) is 5.92 Å². The van der Waals surface area contributed by atoms with Gasteiger partial charge in [0, 0.05) is 6.07 Å². The lowest BCUT2D eigenvalue weighted by molar-refractivity contribution is -0.205. The van der Waals surface area contributed by atoms with Gasteiger partial charge in [0.1, 0.15) is 41.5 Å². The summed E-state index contributed by atoms with van der Waals surface area (Å²) in [6.45, 7) is 2.36. The van der Waals surface area contributed by atoms with Gasteiger partial charge in [0.05, 0.1) is 17.5 Å². The number of aliphatic hydroxyl groups is 3. The molecule has 0 saturated carbocycles. The van der Waals surface area contributed by atoms with Gasteiger partial charge in [-0.2, -0.15) is 0 Å². The van der Waals surface area contributed by atoms with Gasteiger partial charge in [0.25, 0.3) is 0 Å². The quantitative estimate of drug-likeness (QED) is 0.219. The molecule has 1 aromatic rings. The van der Waals surface area contributed by atoms with Crippen LogP contribution in [0.15, 0.2) is 18.2 Å².